The lowest BCUT2D eigenvalue weighted by Gasteiger charge is -2.17. The number of para-hydroxylation sites is 1. The van der Waals surface area contributed by atoms with Gasteiger partial charge < -0.3 is 15.4 Å². The number of carbonyl (C=O) groups excluding carboxylic acids is 1. The zero-order chi connectivity index (χ0) is 16.1. The molecular weight excluding hydrogens is 288 g/mol. The minimum absolute atomic E-state index is 0.0219. The highest BCUT2D eigenvalue weighted by Crippen LogP contribution is 2.21. The zero-order valence-electron chi connectivity index (χ0n) is 13.2. The third-order valence-electron chi connectivity index (χ3n) is 4.23. The van der Waals surface area contributed by atoms with Gasteiger partial charge in [0.25, 0.3) is 5.91 Å². The number of ether oxygens (including phenoxy) is 1. The van der Waals surface area contributed by atoms with Crippen LogP contribution in [-0.2, 0) is 11.3 Å². The minimum Gasteiger partial charge on any atom is -0.398 e. The molecule has 1 fully saturated rings. The van der Waals surface area contributed by atoms with Crippen molar-refractivity contribution >= 4 is 11.6 Å². The van der Waals surface area contributed by atoms with Crippen LogP contribution in [0.5, 0.6) is 0 Å². The molecule has 2 N–H and O–H groups in total. The fourth-order valence-corrected chi connectivity index (χ4v) is 2.93. The van der Waals surface area contributed by atoms with E-state index in [1.165, 1.54) is 5.56 Å². The summed E-state index contributed by atoms with van der Waals surface area (Å²) in [6, 6.07) is 17.4. The molecule has 0 bridgehead atoms. The molecule has 1 unspecified atom stereocenters. The van der Waals surface area contributed by atoms with Crippen LogP contribution in [0.25, 0.3) is 0 Å². The molecule has 4 heteroatoms. The van der Waals surface area contributed by atoms with Crippen molar-refractivity contribution < 1.29 is 9.53 Å². The summed E-state index contributed by atoms with van der Waals surface area (Å²) in [5.41, 5.74) is 8.21. The Kier molecular flexibility index (Phi) is 4.93. The first-order chi connectivity index (χ1) is 11.2. The van der Waals surface area contributed by atoms with Crippen LogP contribution in [0.3, 0.4) is 0 Å². The third-order valence-corrected chi connectivity index (χ3v) is 4.23. The smallest absolute Gasteiger partial charge is 0.255 e. The van der Waals surface area contributed by atoms with E-state index in [1.807, 2.05) is 35.2 Å². The van der Waals surface area contributed by atoms with Crippen LogP contribution in [0.2, 0.25) is 0 Å². The second-order valence-electron chi connectivity index (χ2n) is 5.99. The number of hydrogen-bond donors (Lipinski definition) is 1. The van der Waals surface area contributed by atoms with Crippen molar-refractivity contribution in [1.29, 1.82) is 0 Å². The third kappa shape index (κ3) is 3.90. The maximum Gasteiger partial charge on any atom is 0.255 e. The van der Waals surface area contributed by atoms with Crippen molar-refractivity contribution in [2.45, 2.75) is 13.0 Å². The van der Waals surface area contributed by atoms with Gasteiger partial charge in [-0.1, -0.05) is 42.5 Å². The van der Waals surface area contributed by atoms with Gasteiger partial charge in [0, 0.05) is 24.7 Å². The fraction of sp³-hybridized carbons (Fsp3) is 0.316. The van der Waals surface area contributed by atoms with Gasteiger partial charge in [-0.15, -0.1) is 0 Å². The summed E-state index contributed by atoms with van der Waals surface area (Å²) in [6.45, 7) is 2.81. The zero-order valence-corrected chi connectivity index (χ0v) is 13.2. The van der Waals surface area contributed by atoms with Crippen molar-refractivity contribution in [2.24, 2.45) is 5.92 Å². The molecule has 0 saturated carbocycles. The highest BCUT2D eigenvalue weighted by Gasteiger charge is 2.27. The summed E-state index contributed by atoms with van der Waals surface area (Å²) in [4.78, 5) is 14.4. The first kappa shape index (κ1) is 15.6. The van der Waals surface area contributed by atoms with Gasteiger partial charge in [-0.2, -0.15) is 0 Å². The van der Waals surface area contributed by atoms with Crippen LogP contribution in [0, 0.1) is 5.92 Å². The second-order valence-corrected chi connectivity index (χ2v) is 5.99. The average molecular weight is 310 g/mol. The van der Waals surface area contributed by atoms with Crippen LogP contribution in [0.4, 0.5) is 5.69 Å². The van der Waals surface area contributed by atoms with Crippen molar-refractivity contribution in [2.75, 3.05) is 25.4 Å². The van der Waals surface area contributed by atoms with Crippen molar-refractivity contribution in [3.8, 4) is 0 Å². The predicted octanol–water partition coefficient (Wildman–Crippen LogP) is 2.95. The molecule has 1 amide bonds. The number of carbonyl (C=O) groups is 1. The standard InChI is InChI=1S/C19H22N2O2/c20-18-9-5-4-8-17(18)19(22)21-11-10-16(12-21)14-23-13-15-6-2-1-3-7-15/h1-9,16H,10-14,20H2. The number of nitrogens with zero attached hydrogens (tertiary/aromatic N) is 1. The van der Waals surface area contributed by atoms with E-state index >= 15 is 0 Å². The lowest BCUT2D eigenvalue weighted by molar-refractivity contribution is 0.0734. The topological polar surface area (TPSA) is 55.6 Å². The van der Waals surface area contributed by atoms with Gasteiger partial charge in [-0.25, -0.2) is 0 Å². The summed E-state index contributed by atoms with van der Waals surface area (Å²) in [5, 5.41) is 0. The molecule has 23 heavy (non-hydrogen) atoms. The monoisotopic (exact) mass is 310 g/mol. The molecule has 4 nitrogen and oxygen atoms in total. The summed E-state index contributed by atoms with van der Waals surface area (Å²) in [6.07, 6.45) is 0.979. The Labute approximate surface area is 136 Å². The summed E-state index contributed by atoms with van der Waals surface area (Å²) in [7, 11) is 0. The van der Waals surface area contributed by atoms with E-state index in [4.69, 9.17) is 10.5 Å². The molecule has 1 aliphatic rings. The van der Waals surface area contributed by atoms with Crippen molar-refractivity contribution in [3.05, 3.63) is 65.7 Å². The number of amides is 1. The quantitative estimate of drug-likeness (QED) is 0.864. The van der Waals surface area contributed by atoms with E-state index in [2.05, 4.69) is 12.1 Å². The van der Waals surface area contributed by atoms with Gasteiger partial charge >= 0.3 is 0 Å². The molecule has 2 aromatic rings. The van der Waals surface area contributed by atoms with Crippen LogP contribution < -0.4 is 5.73 Å². The SMILES string of the molecule is Nc1ccccc1C(=O)N1CCC(COCc2ccccc2)C1. The molecule has 1 saturated heterocycles. The summed E-state index contributed by atoms with van der Waals surface area (Å²) < 4.78 is 5.80. The largest absolute Gasteiger partial charge is 0.398 e. The Morgan fingerprint density at radius 2 is 1.87 bits per heavy atom. The highest BCUT2D eigenvalue weighted by atomic mass is 16.5. The Hall–Kier alpha value is -2.33. The Bertz CT molecular complexity index is 657. The van der Waals surface area contributed by atoms with Crippen LogP contribution in [0.15, 0.2) is 54.6 Å². The van der Waals surface area contributed by atoms with Gasteiger partial charge in [-0.3, -0.25) is 4.79 Å². The lowest BCUT2D eigenvalue weighted by Crippen LogP contribution is -2.29. The van der Waals surface area contributed by atoms with Crippen molar-refractivity contribution in [1.82, 2.24) is 4.90 Å². The predicted molar refractivity (Wildman–Crippen MR) is 91.0 cm³/mol. The number of nitrogens with two attached hydrogens (primary N) is 1. The minimum atomic E-state index is 0.0219. The first-order valence-electron chi connectivity index (χ1n) is 7.99. The van der Waals surface area contributed by atoms with E-state index in [0.29, 0.717) is 30.4 Å². The van der Waals surface area contributed by atoms with E-state index in [-0.39, 0.29) is 5.91 Å². The van der Waals surface area contributed by atoms with Gasteiger partial charge in [0.15, 0.2) is 0 Å². The number of anilines is 1. The molecule has 120 valence electrons. The molecule has 2 aromatic carbocycles. The van der Waals surface area contributed by atoms with Crippen LogP contribution in [0.1, 0.15) is 22.3 Å². The number of nitrogen functional groups attached to an aromatic ring is 1. The fourth-order valence-electron chi connectivity index (χ4n) is 2.93. The summed E-state index contributed by atoms with van der Waals surface area (Å²) >= 11 is 0. The molecule has 1 aliphatic heterocycles. The molecule has 0 radical (unpaired) electrons. The van der Waals surface area contributed by atoms with Gasteiger partial charge in [0.1, 0.15) is 0 Å². The van der Waals surface area contributed by atoms with Gasteiger partial charge in [0.05, 0.1) is 18.8 Å². The number of likely N-dealkylation sites (tertiary alicyclic amines) is 1. The Morgan fingerprint density at radius 3 is 2.65 bits per heavy atom. The molecule has 1 atom stereocenters. The second kappa shape index (κ2) is 7.29. The first-order valence-corrected chi connectivity index (χ1v) is 7.99. The Balaban J connectivity index is 1.49. The average Bonchev–Trinajstić information content (AvgIpc) is 3.05. The number of hydrogen-bond acceptors (Lipinski definition) is 3. The van der Waals surface area contributed by atoms with Crippen molar-refractivity contribution in [3.63, 3.8) is 0 Å². The lowest BCUT2D eigenvalue weighted by atomic mass is 10.1. The van der Waals surface area contributed by atoms with E-state index < -0.39 is 0 Å². The maximum absolute atomic E-state index is 12.5. The highest BCUT2D eigenvalue weighted by molar-refractivity contribution is 5.99. The van der Waals surface area contributed by atoms with Gasteiger partial charge in [-0.05, 0) is 24.1 Å². The maximum atomic E-state index is 12.5. The molecule has 3 rings (SSSR count). The van der Waals surface area contributed by atoms with Crippen LogP contribution >= 0.6 is 0 Å². The molecule has 0 aliphatic carbocycles. The number of benzene rings is 2. The van der Waals surface area contributed by atoms with E-state index in [0.717, 1.165) is 19.5 Å². The van der Waals surface area contributed by atoms with Gasteiger partial charge in [0.2, 0.25) is 0 Å². The van der Waals surface area contributed by atoms with E-state index in [1.54, 1.807) is 12.1 Å². The molecule has 0 spiro atoms. The number of rotatable bonds is 5. The molecular formula is C19H22N2O2. The summed E-state index contributed by atoms with van der Waals surface area (Å²) in [5.74, 6) is 0.418. The molecule has 0 aromatic heterocycles. The Morgan fingerprint density at radius 1 is 1.13 bits per heavy atom. The van der Waals surface area contributed by atoms with E-state index in [9.17, 15) is 4.79 Å². The molecule has 1 heterocycles. The normalized spacial score (nSPS) is 17.4. The van der Waals surface area contributed by atoms with Crippen LogP contribution in [-0.4, -0.2) is 30.5 Å².